The summed E-state index contributed by atoms with van der Waals surface area (Å²) in [6.07, 6.45) is 0.599. The van der Waals surface area contributed by atoms with Gasteiger partial charge in [-0.05, 0) is 51.8 Å². The van der Waals surface area contributed by atoms with E-state index >= 15 is 0 Å². The lowest BCUT2D eigenvalue weighted by atomic mass is 10.1. The highest BCUT2D eigenvalue weighted by Crippen LogP contribution is 2.40. The molecular weight excluding hydrogens is 280 g/mol. The Labute approximate surface area is 131 Å². The summed E-state index contributed by atoms with van der Waals surface area (Å²) in [5.41, 5.74) is 1.41. The highest BCUT2D eigenvalue weighted by Gasteiger charge is 2.48. The third kappa shape index (κ3) is 4.00. The molecule has 1 aromatic carbocycles. The van der Waals surface area contributed by atoms with Gasteiger partial charge in [-0.25, -0.2) is 0 Å². The average molecular weight is 304 g/mol. The van der Waals surface area contributed by atoms with Crippen molar-refractivity contribution in [1.82, 2.24) is 5.32 Å². The summed E-state index contributed by atoms with van der Waals surface area (Å²) in [7, 11) is 1.57. The van der Waals surface area contributed by atoms with Gasteiger partial charge in [0.2, 0.25) is 11.8 Å². The van der Waals surface area contributed by atoms with E-state index < -0.39 is 0 Å². The van der Waals surface area contributed by atoms with Gasteiger partial charge in [-0.3, -0.25) is 9.59 Å². The van der Waals surface area contributed by atoms with Crippen molar-refractivity contribution in [3.63, 3.8) is 0 Å². The van der Waals surface area contributed by atoms with Crippen LogP contribution >= 0.6 is 0 Å². The number of hydrogen-bond donors (Lipinski definition) is 2. The molecule has 0 aromatic heterocycles. The first-order chi connectivity index (χ1) is 10.2. The van der Waals surface area contributed by atoms with Gasteiger partial charge in [0.1, 0.15) is 5.75 Å². The monoisotopic (exact) mass is 304 g/mol. The second-order valence-electron chi connectivity index (χ2n) is 6.88. The molecule has 2 unspecified atom stereocenters. The van der Waals surface area contributed by atoms with Gasteiger partial charge >= 0.3 is 0 Å². The lowest BCUT2D eigenvalue weighted by Gasteiger charge is -2.20. The van der Waals surface area contributed by atoms with Gasteiger partial charge in [0.25, 0.3) is 0 Å². The van der Waals surface area contributed by atoms with E-state index in [1.807, 2.05) is 45.9 Å². The molecule has 0 spiro atoms. The molecule has 1 aliphatic carbocycles. The molecule has 22 heavy (non-hydrogen) atoms. The average Bonchev–Trinajstić information content (AvgIpc) is 3.17. The van der Waals surface area contributed by atoms with Crippen molar-refractivity contribution in [1.29, 1.82) is 0 Å². The van der Waals surface area contributed by atoms with Gasteiger partial charge in [-0.15, -0.1) is 0 Å². The highest BCUT2D eigenvalue weighted by molar-refractivity contribution is 6.00. The van der Waals surface area contributed by atoms with Crippen LogP contribution in [0.2, 0.25) is 0 Å². The fourth-order valence-electron chi connectivity index (χ4n) is 2.38. The maximum atomic E-state index is 12.3. The number of methoxy groups -OCH3 is 1. The maximum absolute atomic E-state index is 12.3. The molecule has 5 nitrogen and oxygen atoms in total. The summed E-state index contributed by atoms with van der Waals surface area (Å²) in [6.45, 7) is 7.74. The van der Waals surface area contributed by atoms with Crippen LogP contribution in [-0.4, -0.2) is 24.5 Å². The number of aryl methyl sites for hydroxylation is 1. The Bertz CT molecular complexity index is 590. The Hall–Kier alpha value is -2.04. The van der Waals surface area contributed by atoms with Gasteiger partial charge < -0.3 is 15.4 Å². The van der Waals surface area contributed by atoms with E-state index in [2.05, 4.69) is 10.6 Å². The molecule has 1 aromatic rings. The van der Waals surface area contributed by atoms with Crippen LogP contribution in [0.3, 0.4) is 0 Å². The lowest BCUT2D eigenvalue weighted by Crippen LogP contribution is -2.42. The first-order valence-corrected chi connectivity index (χ1v) is 7.49. The van der Waals surface area contributed by atoms with Crippen molar-refractivity contribution in [2.45, 2.75) is 39.7 Å². The van der Waals surface area contributed by atoms with E-state index in [4.69, 9.17) is 4.74 Å². The Morgan fingerprint density at radius 3 is 2.41 bits per heavy atom. The van der Waals surface area contributed by atoms with Crippen molar-refractivity contribution in [2.75, 3.05) is 12.4 Å². The van der Waals surface area contributed by atoms with E-state index in [0.29, 0.717) is 17.9 Å². The summed E-state index contributed by atoms with van der Waals surface area (Å²) in [6, 6.07) is 5.61. The van der Waals surface area contributed by atoms with E-state index in [0.717, 1.165) is 5.56 Å². The van der Waals surface area contributed by atoms with Crippen LogP contribution in [-0.2, 0) is 9.59 Å². The third-order valence-corrected chi connectivity index (χ3v) is 3.58. The predicted octanol–water partition coefficient (Wildman–Crippen LogP) is 2.49. The van der Waals surface area contributed by atoms with Crippen molar-refractivity contribution in [2.24, 2.45) is 11.8 Å². The number of anilines is 1. The number of ether oxygens (including phenoxy) is 1. The van der Waals surface area contributed by atoms with E-state index in [9.17, 15) is 9.59 Å². The van der Waals surface area contributed by atoms with Gasteiger partial charge in [-0.1, -0.05) is 6.07 Å². The summed E-state index contributed by atoms with van der Waals surface area (Å²) in [5, 5.41) is 5.79. The fraction of sp³-hybridized carbons (Fsp3) is 0.529. The molecule has 0 bridgehead atoms. The van der Waals surface area contributed by atoms with Crippen molar-refractivity contribution >= 4 is 17.5 Å². The second kappa shape index (κ2) is 5.99. The molecule has 0 radical (unpaired) electrons. The third-order valence-electron chi connectivity index (χ3n) is 3.58. The quantitative estimate of drug-likeness (QED) is 0.898. The number of benzene rings is 1. The topological polar surface area (TPSA) is 67.4 Å². The van der Waals surface area contributed by atoms with Crippen LogP contribution in [0, 0.1) is 18.8 Å². The minimum absolute atomic E-state index is 0.0520. The highest BCUT2D eigenvalue weighted by atomic mass is 16.5. The van der Waals surface area contributed by atoms with Crippen LogP contribution in [0.15, 0.2) is 18.2 Å². The van der Waals surface area contributed by atoms with Gasteiger partial charge in [0, 0.05) is 5.54 Å². The fourth-order valence-corrected chi connectivity index (χ4v) is 2.38. The normalized spacial score (nSPS) is 20.2. The maximum Gasteiger partial charge on any atom is 0.228 e. The zero-order valence-corrected chi connectivity index (χ0v) is 13.8. The van der Waals surface area contributed by atoms with E-state index in [-0.39, 0.29) is 29.2 Å². The van der Waals surface area contributed by atoms with Gasteiger partial charge in [0.15, 0.2) is 0 Å². The number of carbonyl (C=O) groups is 2. The SMILES string of the molecule is COc1ccc(C)cc1NC(=O)C1CC1C(=O)NC(C)(C)C. The molecule has 5 heteroatoms. The molecule has 1 aliphatic rings. The molecule has 1 fully saturated rings. The molecule has 1 saturated carbocycles. The Morgan fingerprint density at radius 1 is 1.18 bits per heavy atom. The predicted molar refractivity (Wildman–Crippen MR) is 85.9 cm³/mol. The Morgan fingerprint density at radius 2 is 1.82 bits per heavy atom. The molecule has 120 valence electrons. The Balaban J connectivity index is 1.98. The minimum Gasteiger partial charge on any atom is -0.495 e. The van der Waals surface area contributed by atoms with Gasteiger partial charge in [-0.2, -0.15) is 0 Å². The smallest absolute Gasteiger partial charge is 0.228 e. The number of carbonyl (C=O) groups excluding carboxylic acids is 2. The number of rotatable bonds is 4. The van der Waals surface area contributed by atoms with Crippen molar-refractivity contribution in [3.8, 4) is 5.75 Å². The standard InChI is InChI=1S/C17H24N2O3/c1-10-6-7-14(22-5)13(8-10)18-15(20)11-9-12(11)16(21)19-17(2,3)4/h6-8,11-12H,9H2,1-5H3,(H,18,20)(H,19,21). The van der Waals surface area contributed by atoms with E-state index in [1.54, 1.807) is 7.11 Å². The number of nitrogens with one attached hydrogen (secondary N) is 2. The van der Waals surface area contributed by atoms with E-state index in [1.165, 1.54) is 0 Å². The van der Waals surface area contributed by atoms with Crippen LogP contribution in [0.1, 0.15) is 32.8 Å². The minimum atomic E-state index is -0.277. The lowest BCUT2D eigenvalue weighted by molar-refractivity contribution is -0.126. The summed E-state index contributed by atoms with van der Waals surface area (Å²) in [4.78, 5) is 24.3. The first kappa shape index (κ1) is 16.3. The van der Waals surface area contributed by atoms with Crippen LogP contribution in [0.4, 0.5) is 5.69 Å². The van der Waals surface area contributed by atoms with Crippen LogP contribution in [0.25, 0.3) is 0 Å². The molecule has 2 N–H and O–H groups in total. The number of hydrogen-bond acceptors (Lipinski definition) is 3. The molecule has 2 rings (SSSR count). The van der Waals surface area contributed by atoms with Crippen molar-refractivity contribution in [3.05, 3.63) is 23.8 Å². The zero-order chi connectivity index (χ0) is 16.5. The molecule has 0 heterocycles. The molecule has 2 atom stereocenters. The van der Waals surface area contributed by atoms with Crippen molar-refractivity contribution < 1.29 is 14.3 Å². The largest absolute Gasteiger partial charge is 0.495 e. The van der Waals surface area contributed by atoms with Gasteiger partial charge in [0.05, 0.1) is 24.6 Å². The molecular formula is C17H24N2O3. The zero-order valence-electron chi connectivity index (χ0n) is 13.8. The number of amides is 2. The molecule has 0 aliphatic heterocycles. The Kier molecular flexibility index (Phi) is 4.44. The second-order valence-corrected chi connectivity index (χ2v) is 6.88. The summed E-state index contributed by atoms with van der Waals surface area (Å²) >= 11 is 0. The van der Waals surface area contributed by atoms with Crippen LogP contribution < -0.4 is 15.4 Å². The summed E-state index contributed by atoms with van der Waals surface area (Å²) in [5.74, 6) is -0.0419. The summed E-state index contributed by atoms with van der Waals surface area (Å²) < 4.78 is 5.25. The first-order valence-electron chi connectivity index (χ1n) is 7.49. The molecule has 2 amide bonds. The molecule has 0 saturated heterocycles. The van der Waals surface area contributed by atoms with Crippen LogP contribution in [0.5, 0.6) is 5.75 Å².